The summed E-state index contributed by atoms with van der Waals surface area (Å²) in [5.41, 5.74) is -0.364. The molecule has 2 aliphatic rings. The van der Waals surface area contributed by atoms with Crippen molar-refractivity contribution in [3.05, 3.63) is 0 Å². The van der Waals surface area contributed by atoms with Crippen molar-refractivity contribution in [1.29, 1.82) is 0 Å². The maximum absolute atomic E-state index is 10.4. The highest BCUT2D eigenvalue weighted by Gasteiger charge is 2.43. The SMILES string of the molecule is CCC1CCC(O)(C2CCCN2)C1. The highest BCUT2D eigenvalue weighted by Crippen LogP contribution is 2.40. The molecule has 2 N–H and O–H groups in total. The molecule has 0 aromatic heterocycles. The first-order chi connectivity index (χ1) is 6.24. The van der Waals surface area contributed by atoms with Crippen molar-refractivity contribution in [2.75, 3.05) is 6.54 Å². The molecule has 1 aliphatic carbocycles. The fraction of sp³-hybridized carbons (Fsp3) is 1.00. The largest absolute Gasteiger partial charge is 0.388 e. The molecule has 2 heteroatoms. The Labute approximate surface area is 80.7 Å². The van der Waals surface area contributed by atoms with Crippen LogP contribution in [0.15, 0.2) is 0 Å². The molecule has 0 aromatic carbocycles. The molecule has 0 radical (unpaired) electrons. The number of nitrogens with one attached hydrogen (secondary N) is 1. The minimum absolute atomic E-state index is 0.364. The summed E-state index contributed by atoms with van der Waals surface area (Å²) >= 11 is 0. The second kappa shape index (κ2) is 3.58. The molecular formula is C11H21NO. The Morgan fingerprint density at radius 2 is 2.31 bits per heavy atom. The van der Waals surface area contributed by atoms with Gasteiger partial charge in [0.25, 0.3) is 0 Å². The number of rotatable bonds is 2. The van der Waals surface area contributed by atoms with Gasteiger partial charge in [-0.3, -0.25) is 0 Å². The van der Waals surface area contributed by atoms with Crippen LogP contribution in [0.3, 0.4) is 0 Å². The van der Waals surface area contributed by atoms with Crippen LogP contribution in [0.1, 0.15) is 45.4 Å². The van der Waals surface area contributed by atoms with E-state index < -0.39 is 0 Å². The third-order valence-corrected chi connectivity index (χ3v) is 3.91. The van der Waals surface area contributed by atoms with Gasteiger partial charge in [-0.25, -0.2) is 0 Å². The van der Waals surface area contributed by atoms with Crippen LogP contribution < -0.4 is 5.32 Å². The molecule has 2 nitrogen and oxygen atoms in total. The molecule has 0 aromatic rings. The van der Waals surface area contributed by atoms with Crippen molar-refractivity contribution < 1.29 is 5.11 Å². The first kappa shape index (κ1) is 9.47. The van der Waals surface area contributed by atoms with E-state index in [2.05, 4.69) is 12.2 Å². The molecule has 3 unspecified atom stereocenters. The lowest BCUT2D eigenvalue weighted by Crippen LogP contribution is -2.45. The summed E-state index contributed by atoms with van der Waals surface area (Å²) in [6.07, 6.45) is 6.92. The monoisotopic (exact) mass is 183 g/mol. The molecule has 1 saturated carbocycles. The van der Waals surface area contributed by atoms with Crippen LogP contribution in [-0.2, 0) is 0 Å². The molecule has 13 heavy (non-hydrogen) atoms. The van der Waals surface area contributed by atoms with Crippen molar-refractivity contribution in [3.63, 3.8) is 0 Å². The molecule has 1 heterocycles. The molecule has 76 valence electrons. The Kier molecular flexibility index (Phi) is 2.61. The first-order valence-electron chi connectivity index (χ1n) is 5.70. The lowest BCUT2D eigenvalue weighted by molar-refractivity contribution is 0.0104. The molecule has 0 bridgehead atoms. The number of aliphatic hydroxyl groups is 1. The van der Waals surface area contributed by atoms with E-state index in [9.17, 15) is 5.11 Å². The quantitative estimate of drug-likeness (QED) is 0.682. The fourth-order valence-corrected chi connectivity index (χ4v) is 2.97. The molecule has 0 amide bonds. The maximum atomic E-state index is 10.4. The zero-order valence-corrected chi connectivity index (χ0v) is 8.55. The van der Waals surface area contributed by atoms with Gasteiger partial charge < -0.3 is 10.4 Å². The lowest BCUT2D eigenvalue weighted by Gasteiger charge is -2.30. The van der Waals surface area contributed by atoms with Crippen LogP contribution in [0.5, 0.6) is 0 Å². The summed E-state index contributed by atoms with van der Waals surface area (Å²) in [5.74, 6) is 0.771. The second-order valence-electron chi connectivity index (χ2n) is 4.77. The highest BCUT2D eigenvalue weighted by molar-refractivity contribution is 4.99. The van der Waals surface area contributed by atoms with Gasteiger partial charge in [-0.05, 0) is 44.6 Å². The van der Waals surface area contributed by atoms with Crippen molar-refractivity contribution >= 4 is 0 Å². The van der Waals surface area contributed by atoms with E-state index in [1.807, 2.05) is 0 Å². The molecule has 3 atom stereocenters. The third-order valence-electron chi connectivity index (χ3n) is 3.91. The minimum atomic E-state index is -0.364. The Bertz CT molecular complexity index is 177. The van der Waals surface area contributed by atoms with E-state index in [4.69, 9.17) is 0 Å². The summed E-state index contributed by atoms with van der Waals surface area (Å²) in [5, 5.41) is 13.9. The summed E-state index contributed by atoms with van der Waals surface area (Å²) in [6, 6.07) is 0.393. The number of hydrogen-bond donors (Lipinski definition) is 2. The normalized spacial score (nSPS) is 45.7. The molecule has 2 fully saturated rings. The number of hydrogen-bond acceptors (Lipinski definition) is 2. The van der Waals surface area contributed by atoms with Crippen LogP contribution in [0, 0.1) is 5.92 Å². The van der Waals surface area contributed by atoms with Crippen molar-refractivity contribution in [3.8, 4) is 0 Å². The first-order valence-corrected chi connectivity index (χ1v) is 5.70. The minimum Gasteiger partial charge on any atom is -0.388 e. The van der Waals surface area contributed by atoms with Gasteiger partial charge in [0.05, 0.1) is 5.60 Å². The molecule has 1 aliphatic heterocycles. The summed E-state index contributed by atoms with van der Waals surface area (Å²) < 4.78 is 0. The molecule has 2 rings (SSSR count). The van der Waals surface area contributed by atoms with E-state index >= 15 is 0 Å². The summed E-state index contributed by atoms with van der Waals surface area (Å²) in [7, 11) is 0. The van der Waals surface area contributed by atoms with Crippen LogP contribution >= 0.6 is 0 Å². The summed E-state index contributed by atoms with van der Waals surface area (Å²) in [4.78, 5) is 0. The zero-order valence-electron chi connectivity index (χ0n) is 8.55. The standard InChI is InChI=1S/C11H21NO/c1-2-9-5-6-11(13,8-9)10-4-3-7-12-10/h9-10,12-13H,2-8H2,1H3. The average Bonchev–Trinajstić information content (AvgIpc) is 2.72. The van der Waals surface area contributed by atoms with Crippen molar-refractivity contribution in [1.82, 2.24) is 5.32 Å². The van der Waals surface area contributed by atoms with Crippen LogP contribution in [0.4, 0.5) is 0 Å². The fourth-order valence-electron chi connectivity index (χ4n) is 2.97. The van der Waals surface area contributed by atoms with E-state index in [0.29, 0.717) is 6.04 Å². The second-order valence-corrected chi connectivity index (χ2v) is 4.77. The zero-order chi connectivity index (χ0) is 9.31. The van der Waals surface area contributed by atoms with Gasteiger partial charge in [0.15, 0.2) is 0 Å². The Hall–Kier alpha value is -0.0800. The van der Waals surface area contributed by atoms with E-state index in [-0.39, 0.29) is 5.60 Å². The lowest BCUT2D eigenvalue weighted by atomic mass is 9.90. The van der Waals surface area contributed by atoms with Gasteiger partial charge >= 0.3 is 0 Å². The van der Waals surface area contributed by atoms with Gasteiger partial charge in [0.2, 0.25) is 0 Å². The van der Waals surface area contributed by atoms with Crippen LogP contribution in [0.25, 0.3) is 0 Å². The van der Waals surface area contributed by atoms with Crippen molar-refractivity contribution in [2.45, 2.75) is 57.1 Å². The van der Waals surface area contributed by atoms with E-state index in [1.165, 1.54) is 25.7 Å². The molecular weight excluding hydrogens is 162 g/mol. The van der Waals surface area contributed by atoms with Crippen molar-refractivity contribution in [2.24, 2.45) is 5.92 Å². The van der Waals surface area contributed by atoms with Crippen LogP contribution in [0.2, 0.25) is 0 Å². The topological polar surface area (TPSA) is 32.3 Å². The molecule has 0 spiro atoms. The maximum Gasteiger partial charge on any atom is 0.0802 e. The van der Waals surface area contributed by atoms with Gasteiger partial charge in [0, 0.05) is 6.04 Å². The summed E-state index contributed by atoms with van der Waals surface area (Å²) in [6.45, 7) is 3.34. The average molecular weight is 183 g/mol. The van der Waals surface area contributed by atoms with Gasteiger partial charge in [-0.1, -0.05) is 13.3 Å². The van der Waals surface area contributed by atoms with Crippen LogP contribution in [-0.4, -0.2) is 23.3 Å². The Morgan fingerprint density at radius 3 is 2.85 bits per heavy atom. The smallest absolute Gasteiger partial charge is 0.0802 e. The highest BCUT2D eigenvalue weighted by atomic mass is 16.3. The van der Waals surface area contributed by atoms with E-state index in [1.54, 1.807) is 0 Å². The predicted octanol–water partition coefficient (Wildman–Crippen LogP) is 1.68. The van der Waals surface area contributed by atoms with Gasteiger partial charge in [-0.2, -0.15) is 0 Å². The van der Waals surface area contributed by atoms with Gasteiger partial charge in [0.1, 0.15) is 0 Å². The Morgan fingerprint density at radius 1 is 1.46 bits per heavy atom. The third kappa shape index (κ3) is 1.75. The predicted molar refractivity (Wildman–Crippen MR) is 53.6 cm³/mol. The van der Waals surface area contributed by atoms with Gasteiger partial charge in [-0.15, -0.1) is 0 Å². The van der Waals surface area contributed by atoms with E-state index in [0.717, 1.165) is 25.3 Å². The molecule has 1 saturated heterocycles. The Balaban J connectivity index is 1.96.